The molecule has 1 aromatic carbocycles. The molecule has 1 aromatic heterocycles. The number of hydrogen-bond acceptors (Lipinski definition) is 3. The molecule has 0 aliphatic carbocycles. The van der Waals surface area contributed by atoms with Crippen LogP contribution in [0.25, 0.3) is 10.9 Å². The summed E-state index contributed by atoms with van der Waals surface area (Å²) in [5, 5.41) is 12.1. The minimum absolute atomic E-state index is 0.0320. The Hall–Kier alpha value is -2.55. The van der Waals surface area contributed by atoms with Crippen molar-refractivity contribution >= 4 is 16.9 Å². The molecule has 2 aromatic rings. The number of halogens is 3. The minimum atomic E-state index is -4.79. The molecule has 3 N–H and O–H groups in total. The lowest BCUT2D eigenvalue weighted by atomic mass is 10.1. The average Bonchev–Trinajstić information content (AvgIpc) is 2.50. The number of pyridine rings is 1. The molecular formula is C15H16F3N3O3. The maximum Gasteiger partial charge on any atom is 0.416 e. The van der Waals surface area contributed by atoms with Crippen LogP contribution in [0, 0.1) is 0 Å². The van der Waals surface area contributed by atoms with Gasteiger partial charge in [0, 0.05) is 30.6 Å². The summed E-state index contributed by atoms with van der Waals surface area (Å²) in [5.74, 6) is 0. The number of likely N-dealkylation sites (N-methyl/N-ethyl adjacent to an activating group) is 1. The molecule has 0 aliphatic rings. The number of carbonyl (C=O) groups is 1. The largest absolute Gasteiger partial charge is 0.416 e. The van der Waals surface area contributed by atoms with E-state index in [-0.39, 0.29) is 12.1 Å². The predicted octanol–water partition coefficient (Wildman–Crippen LogP) is 1.59. The van der Waals surface area contributed by atoms with Crippen molar-refractivity contribution in [2.45, 2.75) is 18.8 Å². The van der Waals surface area contributed by atoms with Crippen LogP contribution in [0.3, 0.4) is 0 Å². The van der Waals surface area contributed by atoms with Gasteiger partial charge in [-0.25, -0.2) is 4.79 Å². The maximum absolute atomic E-state index is 12.3. The van der Waals surface area contributed by atoms with Crippen molar-refractivity contribution in [2.24, 2.45) is 0 Å². The topological polar surface area (TPSA) is 85.4 Å². The van der Waals surface area contributed by atoms with Gasteiger partial charge in [-0.3, -0.25) is 4.79 Å². The molecule has 2 rings (SSSR count). The predicted molar refractivity (Wildman–Crippen MR) is 81.5 cm³/mol. The van der Waals surface area contributed by atoms with Gasteiger partial charge in [0.15, 0.2) is 6.10 Å². The number of aromatic nitrogens is 1. The van der Waals surface area contributed by atoms with Crippen LogP contribution < -0.4 is 10.9 Å². The summed E-state index contributed by atoms with van der Waals surface area (Å²) in [4.78, 5) is 26.8. The first-order chi connectivity index (χ1) is 11.2. The molecule has 1 atom stereocenters. The van der Waals surface area contributed by atoms with Crippen molar-refractivity contribution in [1.82, 2.24) is 15.2 Å². The summed E-state index contributed by atoms with van der Waals surface area (Å²) in [5.41, 5.74) is 0.779. The lowest BCUT2D eigenvalue weighted by Gasteiger charge is -2.22. The van der Waals surface area contributed by atoms with Crippen LogP contribution in [0.15, 0.2) is 35.1 Å². The SMILES string of the molecule is CN(C[C@H](O)C(F)(F)F)C(=O)NCc1cc(=O)[nH]c2ccccc12. The molecule has 0 bridgehead atoms. The summed E-state index contributed by atoms with van der Waals surface area (Å²) in [6, 6.07) is 7.48. The van der Waals surface area contributed by atoms with Crippen molar-refractivity contribution in [2.75, 3.05) is 13.6 Å². The number of carbonyl (C=O) groups excluding carboxylic acids is 1. The molecule has 0 saturated carbocycles. The lowest BCUT2D eigenvalue weighted by Crippen LogP contribution is -2.45. The Labute approximate surface area is 134 Å². The molecule has 0 radical (unpaired) electrons. The van der Waals surface area contributed by atoms with E-state index in [9.17, 15) is 22.8 Å². The van der Waals surface area contributed by atoms with Crippen molar-refractivity contribution in [3.8, 4) is 0 Å². The molecule has 0 spiro atoms. The molecule has 2 amide bonds. The minimum Gasteiger partial charge on any atom is -0.382 e. The standard InChI is InChI=1S/C15H16F3N3O3/c1-21(8-12(22)15(16,17)18)14(24)19-7-9-6-13(23)20-11-5-3-2-4-10(9)11/h2-6,12,22H,7-8H2,1H3,(H,19,24)(H,20,23)/t12-/m0/s1. The van der Waals surface area contributed by atoms with Crippen LogP contribution in [-0.4, -0.2) is 46.9 Å². The van der Waals surface area contributed by atoms with Crippen LogP contribution in [0.4, 0.5) is 18.0 Å². The van der Waals surface area contributed by atoms with Gasteiger partial charge in [0.1, 0.15) is 0 Å². The molecule has 0 unspecified atom stereocenters. The second-order valence-electron chi connectivity index (χ2n) is 5.30. The Kier molecular flexibility index (Phi) is 5.13. The monoisotopic (exact) mass is 343 g/mol. The Morgan fingerprint density at radius 2 is 2.04 bits per heavy atom. The van der Waals surface area contributed by atoms with E-state index in [2.05, 4.69) is 10.3 Å². The molecular weight excluding hydrogens is 327 g/mol. The van der Waals surface area contributed by atoms with Gasteiger partial charge in [-0.05, 0) is 11.6 Å². The molecule has 24 heavy (non-hydrogen) atoms. The third kappa shape index (κ3) is 4.25. The number of nitrogens with one attached hydrogen (secondary N) is 2. The normalized spacial score (nSPS) is 12.9. The zero-order chi connectivity index (χ0) is 17.9. The highest BCUT2D eigenvalue weighted by molar-refractivity contribution is 5.82. The summed E-state index contributed by atoms with van der Waals surface area (Å²) < 4.78 is 36.9. The second-order valence-corrected chi connectivity index (χ2v) is 5.30. The van der Waals surface area contributed by atoms with E-state index in [4.69, 9.17) is 5.11 Å². The summed E-state index contributed by atoms with van der Waals surface area (Å²) in [6.45, 7) is -0.916. The molecule has 9 heteroatoms. The number of aliphatic hydroxyl groups is 1. The molecule has 130 valence electrons. The quantitative estimate of drug-likeness (QED) is 0.788. The number of aromatic amines is 1. The van der Waals surface area contributed by atoms with E-state index in [0.29, 0.717) is 11.1 Å². The van der Waals surface area contributed by atoms with Crippen LogP contribution >= 0.6 is 0 Å². The zero-order valence-corrected chi connectivity index (χ0v) is 12.7. The van der Waals surface area contributed by atoms with Gasteiger partial charge in [0.25, 0.3) is 0 Å². The number of benzene rings is 1. The fourth-order valence-electron chi connectivity index (χ4n) is 2.17. The van der Waals surface area contributed by atoms with E-state index < -0.39 is 24.9 Å². The second kappa shape index (κ2) is 6.91. The van der Waals surface area contributed by atoms with Crippen LogP contribution in [0.2, 0.25) is 0 Å². The first kappa shape index (κ1) is 17.8. The van der Waals surface area contributed by atoms with Gasteiger partial charge in [0.2, 0.25) is 5.56 Å². The highest BCUT2D eigenvalue weighted by atomic mass is 19.4. The van der Waals surface area contributed by atoms with E-state index in [1.807, 2.05) is 0 Å². The molecule has 1 heterocycles. The number of urea groups is 1. The van der Waals surface area contributed by atoms with Crippen molar-refractivity contribution in [3.63, 3.8) is 0 Å². The fraction of sp³-hybridized carbons (Fsp3) is 0.333. The van der Waals surface area contributed by atoms with Gasteiger partial charge in [0.05, 0.1) is 6.54 Å². The highest BCUT2D eigenvalue weighted by Crippen LogP contribution is 2.20. The number of amides is 2. The van der Waals surface area contributed by atoms with E-state index in [1.165, 1.54) is 6.07 Å². The summed E-state index contributed by atoms with van der Waals surface area (Å²) >= 11 is 0. The maximum atomic E-state index is 12.3. The van der Waals surface area contributed by atoms with Crippen LogP contribution in [-0.2, 0) is 6.54 Å². The average molecular weight is 343 g/mol. The van der Waals surface area contributed by atoms with Gasteiger partial charge >= 0.3 is 12.2 Å². The van der Waals surface area contributed by atoms with E-state index in [0.717, 1.165) is 17.3 Å². The number of alkyl halides is 3. The Morgan fingerprint density at radius 3 is 2.71 bits per heavy atom. The number of fused-ring (bicyclic) bond motifs is 1. The number of nitrogens with zero attached hydrogens (tertiary/aromatic N) is 1. The van der Waals surface area contributed by atoms with Gasteiger partial charge in [-0.1, -0.05) is 18.2 Å². The van der Waals surface area contributed by atoms with Crippen LogP contribution in [0.1, 0.15) is 5.56 Å². The summed E-state index contributed by atoms with van der Waals surface area (Å²) in [6.07, 6.45) is -7.41. The Balaban J connectivity index is 2.06. The van der Waals surface area contributed by atoms with Gasteiger partial charge in [-0.15, -0.1) is 0 Å². The fourth-order valence-corrected chi connectivity index (χ4v) is 2.17. The van der Waals surface area contributed by atoms with Crippen molar-refractivity contribution in [3.05, 3.63) is 46.2 Å². The van der Waals surface area contributed by atoms with E-state index >= 15 is 0 Å². The number of para-hydroxylation sites is 1. The van der Waals surface area contributed by atoms with Crippen LogP contribution in [0.5, 0.6) is 0 Å². The molecule has 0 fully saturated rings. The number of aliphatic hydroxyl groups excluding tert-OH is 1. The van der Waals surface area contributed by atoms with Crippen molar-refractivity contribution in [1.29, 1.82) is 0 Å². The summed E-state index contributed by atoms with van der Waals surface area (Å²) in [7, 11) is 1.14. The zero-order valence-electron chi connectivity index (χ0n) is 12.7. The molecule has 6 nitrogen and oxygen atoms in total. The molecule has 0 aliphatic heterocycles. The number of hydrogen-bond donors (Lipinski definition) is 3. The third-order valence-corrected chi connectivity index (χ3v) is 3.44. The van der Waals surface area contributed by atoms with E-state index in [1.54, 1.807) is 24.3 Å². The smallest absolute Gasteiger partial charge is 0.382 e. The highest BCUT2D eigenvalue weighted by Gasteiger charge is 2.39. The lowest BCUT2D eigenvalue weighted by molar-refractivity contribution is -0.205. The Morgan fingerprint density at radius 1 is 1.38 bits per heavy atom. The van der Waals surface area contributed by atoms with Gasteiger partial charge in [-0.2, -0.15) is 13.2 Å². The first-order valence-corrected chi connectivity index (χ1v) is 7.03. The number of H-pyrrole nitrogens is 1. The Bertz CT molecular complexity index is 789. The van der Waals surface area contributed by atoms with Gasteiger partial charge < -0.3 is 20.3 Å². The first-order valence-electron chi connectivity index (χ1n) is 7.03. The third-order valence-electron chi connectivity index (χ3n) is 3.44. The van der Waals surface area contributed by atoms with Crippen molar-refractivity contribution < 1.29 is 23.1 Å². The molecule has 0 saturated heterocycles. The number of rotatable bonds is 4.